The maximum absolute atomic E-state index is 13.3. The molecule has 0 amide bonds. The summed E-state index contributed by atoms with van der Waals surface area (Å²) < 4.78 is 13.6. The lowest BCUT2D eigenvalue weighted by Gasteiger charge is -2.35. The second-order valence-electron chi connectivity index (χ2n) is 9.42. The van der Waals surface area contributed by atoms with E-state index in [9.17, 15) is 19.5 Å². The first-order chi connectivity index (χ1) is 14.3. The molecule has 0 rings (SSSR count). The van der Waals surface area contributed by atoms with Crippen molar-refractivity contribution in [1.82, 2.24) is 0 Å². The van der Waals surface area contributed by atoms with Gasteiger partial charge >= 0.3 is 12.1 Å². The van der Waals surface area contributed by atoms with Crippen LogP contribution in [0.2, 0.25) is 0 Å². The minimum Gasteiger partial charge on any atom is -0.460 e. The Bertz CT molecular complexity index is 665. The standard InChI is InChI=1S/C22H35Cl3O7/c1-9-10-13(2)17(31-19(29)30-12-22(23,24)25)14(3)18(28)21(7,8)15(26)11-16(27)32-20(4,5)6/h9,13-15,17,26H,1,10-12H2,2-8H3/t13-,14-,15-,17+/m0/s1. The lowest BCUT2D eigenvalue weighted by atomic mass is 9.73. The highest BCUT2D eigenvalue weighted by atomic mass is 35.6. The highest BCUT2D eigenvalue weighted by Gasteiger charge is 2.44. The van der Waals surface area contributed by atoms with Crippen LogP contribution in [-0.4, -0.2) is 51.2 Å². The molecule has 0 aliphatic carbocycles. The number of rotatable bonds is 11. The zero-order chi connectivity index (χ0) is 25.5. The SMILES string of the molecule is C=CC[C@H](C)[C@@H](OC(=O)OCC(Cl)(Cl)Cl)[C@H](C)C(=O)C(C)(C)[C@@H](O)CC(=O)OC(C)(C)C. The Morgan fingerprint density at radius 3 is 2.03 bits per heavy atom. The van der Waals surface area contributed by atoms with Crippen LogP contribution in [0, 0.1) is 17.3 Å². The topological polar surface area (TPSA) is 99.1 Å². The number of hydrogen-bond acceptors (Lipinski definition) is 7. The van der Waals surface area contributed by atoms with Crippen molar-refractivity contribution >= 4 is 52.7 Å². The molecule has 0 unspecified atom stereocenters. The molecule has 10 heteroatoms. The highest BCUT2D eigenvalue weighted by Crippen LogP contribution is 2.33. The zero-order valence-electron chi connectivity index (χ0n) is 19.7. The summed E-state index contributed by atoms with van der Waals surface area (Å²) >= 11 is 16.7. The van der Waals surface area contributed by atoms with Gasteiger partial charge in [-0.1, -0.05) is 68.6 Å². The molecule has 0 heterocycles. The van der Waals surface area contributed by atoms with Crippen LogP contribution in [0.25, 0.3) is 0 Å². The third-order valence-corrected chi connectivity index (χ3v) is 5.17. The summed E-state index contributed by atoms with van der Waals surface area (Å²) in [4.78, 5) is 37.5. The van der Waals surface area contributed by atoms with E-state index in [1.807, 2.05) is 0 Å². The summed E-state index contributed by atoms with van der Waals surface area (Å²) in [5.74, 6) is -2.16. The molecule has 0 aliphatic heterocycles. The van der Waals surface area contributed by atoms with Crippen molar-refractivity contribution in [1.29, 1.82) is 0 Å². The number of carbonyl (C=O) groups excluding carboxylic acids is 3. The average molecular weight is 518 g/mol. The number of hydrogen-bond donors (Lipinski definition) is 1. The van der Waals surface area contributed by atoms with E-state index in [1.165, 1.54) is 13.8 Å². The summed E-state index contributed by atoms with van der Waals surface area (Å²) in [5, 5.41) is 10.6. The van der Waals surface area contributed by atoms with Gasteiger partial charge in [-0.15, -0.1) is 6.58 Å². The molecule has 0 radical (unpaired) electrons. The molecule has 0 aromatic rings. The first kappa shape index (κ1) is 31.0. The van der Waals surface area contributed by atoms with Gasteiger partial charge in [0, 0.05) is 0 Å². The number of aliphatic hydroxyl groups excluding tert-OH is 1. The lowest BCUT2D eigenvalue weighted by Crippen LogP contribution is -2.47. The normalized spacial score (nSPS) is 16.3. The number of ether oxygens (including phenoxy) is 3. The third-order valence-electron chi connectivity index (χ3n) is 4.84. The van der Waals surface area contributed by atoms with E-state index in [1.54, 1.807) is 40.7 Å². The number of ketones is 1. The lowest BCUT2D eigenvalue weighted by molar-refractivity contribution is -0.160. The van der Waals surface area contributed by atoms with Crippen LogP contribution >= 0.6 is 34.8 Å². The number of halogens is 3. The van der Waals surface area contributed by atoms with E-state index in [4.69, 9.17) is 49.0 Å². The highest BCUT2D eigenvalue weighted by molar-refractivity contribution is 6.67. The van der Waals surface area contributed by atoms with Gasteiger partial charge in [-0.25, -0.2) is 4.79 Å². The Morgan fingerprint density at radius 2 is 1.59 bits per heavy atom. The molecule has 0 aromatic heterocycles. The molecule has 4 atom stereocenters. The first-order valence-corrected chi connectivity index (χ1v) is 11.4. The Labute approximate surface area is 205 Å². The van der Waals surface area contributed by atoms with Crippen molar-refractivity contribution in [2.24, 2.45) is 17.3 Å². The van der Waals surface area contributed by atoms with Gasteiger partial charge in [0.2, 0.25) is 3.79 Å². The van der Waals surface area contributed by atoms with Crippen LogP contribution in [0.4, 0.5) is 4.79 Å². The molecule has 32 heavy (non-hydrogen) atoms. The molecule has 1 N–H and O–H groups in total. The molecular formula is C22H35Cl3O7. The average Bonchev–Trinajstić information content (AvgIpc) is 2.61. The van der Waals surface area contributed by atoms with Gasteiger partial charge in [-0.2, -0.15) is 0 Å². The predicted octanol–water partition coefficient (Wildman–Crippen LogP) is 5.41. The summed E-state index contributed by atoms with van der Waals surface area (Å²) in [6.07, 6.45) is -1.59. The molecule has 186 valence electrons. The fourth-order valence-corrected chi connectivity index (χ4v) is 3.25. The van der Waals surface area contributed by atoms with Crippen LogP contribution in [0.1, 0.15) is 61.3 Å². The zero-order valence-corrected chi connectivity index (χ0v) is 22.0. The minimum absolute atomic E-state index is 0.300. The van der Waals surface area contributed by atoms with Gasteiger partial charge in [0.1, 0.15) is 24.1 Å². The molecule has 0 aliphatic rings. The Morgan fingerprint density at radius 1 is 1.06 bits per heavy atom. The predicted molar refractivity (Wildman–Crippen MR) is 125 cm³/mol. The second-order valence-corrected chi connectivity index (χ2v) is 11.9. The van der Waals surface area contributed by atoms with Gasteiger partial charge in [-0.05, 0) is 33.1 Å². The van der Waals surface area contributed by atoms with Crippen molar-refractivity contribution in [2.45, 2.75) is 82.9 Å². The number of Topliss-reactive ketones (excluding diaryl/α,β-unsaturated/α-hetero) is 1. The van der Waals surface area contributed by atoms with Gasteiger partial charge in [-0.3, -0.25) is 9.59 Å². The Hall–Kier alpha value is -1.02. The maximum Gasteiger partial charge on any atom is 0.508 e. The molecule has 0 aromatic carbocycles. The van der Waals surface area contributed by atoms with Crippen molar-refractivity contribution in [3.05, 3.63) is 12.7 Å². The first-order valence-electron chi connectivity index (χ1n) is 10.3. The number of allylic oxidation sites excluding steroid dienone is 1. The maximum atomic E-state index is 13.3. The minimum atomic E-state index is -1.81. The van der Waals surface area contributed by atoms with E-state index >= 15 is 0 Å². The van der Waals surface area contributed by atoms with Gasteiger partial charge < -0.3 is 19.3 Å². The van der Waals surface area contributed by atoms with E-state index in [0.29, 0.717) is 6.42 Å². The van der Waals surface area contributed by atoms with E-state index in [2.05, 4.69) is 6.58 Å². The van der Waals surface area contributed by atoms with E-state index < -0.39 is 57.4 Å². The third kappa shape index (κ3) is 11.2. The van der Waals surface area contributed by atoms with Crippen LogP contribution in [0.3, 0.4) is 0 Å². The van der Waals surface area contributed by atoms with Crippen LogP contribution < -0.4 is 0 Å². The quantitative estimate of drug-likeness (QED) is 0.222. The summed E-state index contributed by atoms with van der Waals surface area (Å²) in [7, 11) is 0. The molecule has 0 spiro atoms. The van der Waals surface area contributed by atoms with E-state index in [0.717, 1.165) is 0 Å². The Balaban J connectivity index is 5.47. The monoisotopic (exact) mass is 516 g/mol. The van der Waals surface area contributed by atoms with E-state index in [-0.39, 0.29) is 12.3 Å². The molecule has 0 saturated carbocycles. The molecule has 0 bridgehead atoms. The molecular weight excluding hydrogens is 483 g/mol. The van der Waals surface area contributed by atoms with Gasteiger partial charge in [0.05, 0.1) is 23.9 Å². The smallest absolute Gasteiger partial charge is 0.460 e. The van der Waals surface area contributed by atoms with Gasteiger partial charge in [0.25, 0.3) is 0 Å². The number of aliphatic hydroxyl groups is 1. The summed E-state index contributed by atoms with van der Waals surface area (Å²) in [6, 6.07) is 0. The summed E-state index contributed by atoms with van der Waals surface area (Å²) in [6.45, 7) is 14.7. The van der Waals surface area contributed by atoms with Crippen molar-refractivity contribution in [3.8, 4) is 0 Å². The number of alkyl halides is 3. The molecule has 0 fully saturated rings. The van der Waals surface area contributed by atoms with Crippen molar-refractivity contribution in [2.75, 3.05) is 6.61 Å². The fraction of sp³-hybridized carbons (Fsp3) is 0.773. The number of esters is 1. The van der Waals surface area contributed by atoms with Crippen molar-refractivity contribution in [3.63, 3.8) is 0 Å². The van der Waals surface area contributed by atoms with Crippen molar-refractivity contribution < 1.29 is 33.7 Å². The second kappa shape index (κ2) is 12.4. The van der Waals surface area contributed by atoms with Gasteiger partial charge in [0.15, 0.2) is 0 Å². The largest absolute Gasteiger partial charge is 0.508 e. The number of carbonyl (C=O) groups is 3. The molecule has 7 nitrogen and oxygen atoms in total. The van der Waals surface area contributed by atoms with Crippen LogP contribution in [-0.2, 0) is 23.8 Å². The van der Waals surface area contributed by atoms with Crippen LogP contribution in [0.5, 0.6) is 0 Å². The summed E-state index contributed by atoms with van der Waals surface area (Å²) in [5.41, 5.74) is -2.04. The molecule has 0 saturated heterocycles. The Kier molecular flexibility index (Phi) is 12.0. The fourth-order valence-electron chi connectivity index (χ4n) is 3.09. The van der Waals surface area contributed by atoms with Crippen LogP contribution in [0.15, 0.2) is 12.7 Å².